The van der Waals surface area contributed by atoms with Crippen molar-refractivity contribution < 1.29 is 9.47 Å². The smallest absolute Gasteiger partial charge is 0.127 e. The van der Waals surface area contributed by atoms with Crippen LogP contribution in [0.1, 0.15) is 5.56 Å². The van der Waals surface area contributed by atoms with Crippen LogP contribution in [0.3, 0.4) is 0 Å². The van der Waals surface area contributed by atoms with Gasteiger partial charge in [-0.05, 0) is 18.2 Å². The topological polar surface area (TPSA) is 34.1 Å². The second-order valence-corrected chi connectivity index (χ2v) is 3.74. The molecule has 0 saturated carbocycles. The number of methoxy groups -OCH3 is 2. The molecule has 0 atom stereocenters. The number of nitrogens with zero attached hydrogens (tertiary/aromatic N) is 2. The zero-order chi connectivity index (χ0) is 12.1. The molecule has 4 nitrogen and oxygen atoms in total. The molecule has 1 aliphatic heterocycles. The molecule has 0 saturated heterocycles. The van der Waals surface area contributed by atoms with Crippen molar-refractivity contribution >= 4 is 6.21 Å². The number of aliphatic imine (C=N–C) groups is 1. The first-order valence-corrected chi connectivity index (χ1v) is 5.45. The number of ether oxygens (including phenoxy) is 2. The van der Waals surface area contributed by atoms with Crippen molar-refractivity contribution in [3.05, 3.63) is 36.0 Å². The van der Waals surface area contributed by atoms with Crippen LogP contribution in [0.15, 0.2) is 35.5 Å². The lowest BCUT2D eigenvalue weighted by Crippen LogP contribution is -2.19. The molecule has 1 aromatic carbocycles. The highest BCUT2D eigenvalue weighted by atomic mass is 16.5. The van der Waals surface area contributed by atoms with Gasteiger partial charge in [0, 0.05) is 30.6 Å². The van der Waals surface area contributed by atoms with Crippen LogP contribution in [-0.2, 0) is 6.54 Å². The molecule has 4 heteroatoms. The second-order valence-electron chi connectivity index (χ2n) is 3.74. The molecule has 0 N–H and O–H groups in total. The van der Waals surface area contributed by atoms with Gasteiger partial charge < -0.3 is 14.4 Å². The van der Waals surface area contributed by atoms with Gasteiger partial charge in [0.1, 0.15) is 18.2 Å². The largest absolute Gasteiger partial charge is 0.497 e. The first kappa shape index (κ1) is 11.5. The summed E-state index contributed by atoms with van der Waals surface area (Å²) in [6, 6.07) is 5.85. The molecular weight excluding hydrogens is 216 g/mol. The number of benzene rings is 1. The van der Waals surface area contributed by atoms with Crippen molar-refractivity contribution in [3.8, 4) is 11.5 Å². The van der Waals surface area contributed by atoms with E-state index in [1.54, 1.807) is 14.2 Å². The summed E-state index contributed by atoms with van der Waals surface area (Å²) < 4.78 is 10.5. The lowest BCUT2D eigenvalue weighted by atomic mass is 10.2. The van der Waals surface area contributed by atoms with Crippen molar-refractivity contribution in [2.75, 3.05) is 20.9 Å². The summed E-state index contributed by atoms with van der Waals surface area (Å²) in [5.74, 6) is 1.64. The van der Waals surface area contributed by atoms with Crippen LogP contribution in [0.4, 0.5) is 0 Å². The van der Waals surface area contributed by atoms with Crippen molar-refractivity contribution in [1.29, 1.82) is 0 Å². The van der Waals surface area contributed by atoms with Crippen LogP contribution < -0.4 is 9.47 Å². The fourth-order valence-corrected chi connectivity index (χ4v) is 1.72. The zero-order valence-corrected chi connectivity index (χ0v) is 10.1. The molecule has 1 aromatic rings. The van der Waals surface area contributed by atoms with Gasteiger partial charge in [-0.25, -0.2) is 0 Å². The molecular formula is C13H16N2O2. The lowest BCUT2D eigenvalue weighted by Gasteiger charge is -2.21. The van der Waals surface area contributed by atoms with E-state index in [1.807, 2.05) is 36.7 Å². The summed E-state index contributed by atoms with van der Waals surface area (Å²) in [4.78, 5) is 6.31. The van der Waals surface area contributed by atoms with Gasteiger partial charge in [0.05, 0.1) is 14.2 Å². The molecule has 0 radical (unpaired) electrons. The zero-order valence-electron chi connectivity index (χ0n) is 10.1. The minimum atomic E-state index is 0.686. The van der Waals surface area contributed by atoms with Crippen LogP contribution in [-0.4, -0.2) is 32.0 Å². The molecule has 0 spiro atoms. The number of rotatable bonds is 4. The van der Waals surface area contributed by atoms with Gasteiger partial charge in [0.25, 0.3) is 0 Å². The maximum Gasteiger partial charge on any atom is 0.127 e. The molecule has 0 aliphatic carbocycles. The third-order valence-corrected chi connectivity index (χ3v) is 2.62. The highest BCUT2D eigenvalue weighted by molar-refractivity contribution is 5.71. The average molecular weight is 232 g/mol. The van der Waals surface area contributed by atoms with E-state index in [-0.39, 0.29) is 0 Å². The Labute approximate surface area is 101 Å². The van der Waals surface area contributed by atoms with E-state index in [0.29, 0.717) is 6.67 Å². The van der Waals surface area contributed by atoms with Crippen molar-refractivity contribution in [3.63, 3.8) is 0 Å². The molecule has 0 bridgehead atoms. The molecule has 17 heavy (non-hydrogen) atoms. The normalized spacial score (nSPS) is 13.9. The van der Waals surface area contributed by atoms with E-state index in [9.17, 15) is 0 Å². The molecule has 0 aromatic heterocycles. The third-order valence-electron chi connectivity index (χ3n) is 2.62. The number of hydrogen-bond acceptors (Lipinski definition) is 4. The van der Waals surface area contributed by atoms with E-state index in [1.165, 1.54) is 0 Å². The second kappa shape index (κ2) is 5.39. The summed E-state index contributed by atoms with van der Waals surface area (Å²) in [6.45, 7) is 1.46. The maximum atomic E-state index is 5.36. The van der Waals surface area contributed by atoms with Gasteiger partial charge in [-0.1, -0.05) is 0 Å². The monoisotopic (exact) mass is 232 g/mol. The Bertz CT molecular complexity index is 441. The van der Waals surface area contributed by atoms with Crippen molar-refractivity contribution in [2.45, 2.75) is 6.54 Å². The molecule has 2 rings (SSSR count). The Balaban J connectivity index is 2.14. The summed E-state index contributed by atoms with van der Waals surface area (Å²) in [6.07, 6.45) is 5.76. The summed E-state index contributed by atoms with van der Waals surface area (Å²) in [7, 11) is 3.32. The van der Waals surface area contributed by atoms with E-state index >= 15 is 0 Å². The highest BCUT2D eigenvalue weighted by Crippen LogP contribution is 2.25. The third kappa shape index (κ3) is 2.78. The van der Waals surface area contributed by atoms with Crippen LogP contribution in [0.2, 0.25) is 0 Å². The summed E-state index contributed by atoms with van der Waals surface area (Å²) in [5, 5.41) is 0. The van der Waals surface area contributed by atoms with Crippen LogP contribution in [0, 0.1) is 0 Å². The van der Waals surface area contributed by atoms with E-state index in [0.717, 1.165) is 23.6 Å². The van der Waals surface area contributed by atoms with Crippen LogP contribution in [0.25, 0.3) is 0 Å². The average Bonchev–Trinajstić information content (AvgIpc) is 2.40. The number of allylic oxidation sites excluding steroid dienone is 1. The Morgan fingerprint density at radius 2 is 2.18 bits per heavy atom. The standard InChI is InChI=1S/C13H16N2O2/c1-16-12-5-4-11(13(8-12)17-2)9-15-7-3-6-14-10-15/h3-8H,9-10H2,1-2H3. The molecule has 1 aliphatic rings. The minimum Gasteiger partial charge on any atom is -0.497 e. The van der Waals surface area contributed by atoms with E-state index in [4.69, 9.17) is 9.47 Å². The SMILES string of the molecule is COc1ccc(CN2C=CC=NC2)c(OC)c1. The first-order chi connectivity index (χ1) is 8.33. The first-order valence-electron chi connectivity index (χ1n) is 5.45. The lowest BCUT2D eigenvalue weighted by molar-refractivity contribution is 0.355. The van der Waals surface area contributed by atoms with E-state index in [2.05, 4.69) is 9.89 Å². The van der Waals surface area contributed by atoms with Crippen LogP contribution >= 0.6 is 0 Å². The van der Waals surface area contributed by atoms with Crippen molar-refractivity contribution in [2.24, 2.45) is 4.99 Å². The van der Waals surface area contributed by atoms with Gasteiger partial charge in [0.15, 0.2) is 0 Å². The fourth-order valence-electron chi connectivity index (χ4n) is 1.72. The Morgan fingerprint density at radius 1 is 1.29 bits per heavy atom. The van der Waals surface area contributed by atoms with Crippen molar-refractivity contribution in [1.82, 2.24) is 4.90 Å². The van der Waals surface area contributed by atoms with Crippen LogP contribution in [0.5, 0.6) is 11.5 Å². The maximum absolute atomic E-state index is 5.36. The van der Waals surface area contributed by atoms with E-state index < -0.39 is 0 Å². The molecule has 0 amide bonds. The Kier molecular flexibility index (Phi) is 3.65. The van der Waals surface area contributed by atoms with Gasteiger partial charge in [-0.3, -0.25) is 4.99 Å². The molecule has 0 unspecified atom stereocenters. The minimum absolute atomic E-state index is 0.686. The van der Waals surface area contributed by atoms with Gasteiger partial charge in [-0.2, -0.15) is 0 Å². The molecule has 0 fully saturated rings. The number of hydrogen-bond donors (Lipinski definition) is 0. The Morgan fingerprint density at radius 3 is 2.82 bits per heavy atom. The Hall–Kier alpha value is -1.97. The van der Waals surface area contributed by atoms with Gasteiger partial charge in [0.2, 0.25) is 0 Å². The van der Waals surface area contributed by atoms with Gasteiger partial charge in [-0.15, -0.1) is 0 Å². The molecule has 1 heterocycles. The quantitative estimate of drug-likeness (QED) is 0.797. The van der Waals surface area contributed by atoms with Gasteiger partial charge >= 0.3 is 0 Å². The molecule has 90 valence electrons. The fraction of sp³-hybridized carbons (Fsp3) is 0.308. The highest BCUT2D eigenvalue weighted by Gasteiger charge is 2.08. The summed E-state index contributed by atoms with van der Waals surface area (Å²) >= 11 is 0. The summed E-state index contributed by atoms with van der Waals surface area (Å²) in [5.41, 5.74) is 1.12. The predicted molar refractivity (Wildman–Crippen MR) is 67.6 cm³/mol. The predicted octanol–water partition coefficient (Wildman–Crippen LogP) is 2.06.